The normalized spacial score (nSPS) is 12.4. The second kappa shape index (κ2) is 7.53. The van der Waals surface area contributed by atoms with Crippen molar-refractivity contribution in [3.63, 3.8) is 0 Å². The van der Waals surface area contributed by atoms with Crippen LogP contribution in [0.4, 0.5) is 13.2 Å². The third kappa shape index (κ3) is 7.21. The van der Waals surface area contributed by atoms with Crippen molar-refractivity contribution in [1.29, 1.82) is 0 Å². The van der Waals surface area contributed by atoms with Gasteiger partial charge in [-0.3, -0.25) is 0 Å². The first-order chi connectivity index (χ1) is 9.80. The first-order valence-electron chi connectivity index (χ1n) is 5.76. The molecular formula is C13H13F3O5. The zero-order valence-electron chi connectivity index (χ0n) is 10.8. The number of rotatable bonds is 7. The van der Waals surface area contributed by atoms with E-state index in [9.17, 15) is 23.1 Å². The quantitative estimate of drug-likeness (QED) is 0.617. The summed E-state index contributed by atoms with van der Waals surface area (Å²) in [6.45, 7) is 2.72. The highest BCUT2D eigenvalue weighted by atomic mass is 19.4. The van der Waals surface area contributed by atoms with E-state index >= 15 is 0 Å². The third-order valence-corrected chi connectivity index (χ3v) is 2.08. The Morgan fingerprint density at radius 3 is 2.33 bits per heavy atom. The number of benzene rings is 1. The maximum absolute atomic E-state index is 11.9. The van der Waals surface area contributed by atoms with Crippen LogP contribution in [0.25, 0.3) is 0 Å². The Morgan fingerprint density at radius 2 is 1.81 bits per heavy atom. The maximum atomic E-state index is 11.9. The van der Waals surface area contributed by atoms with E-state index in [-0.39, 0.29) is 24.7 Å². The first kappa shape index (κ1) is 16.8. The number of carbonyl (C=O) groups excluding carboxylic acids is 1. The number of aliphatic hydroxyl groups is 1. The van der Waals surface area contributed by atoms with E-state index in [4.69, 9.17) is 4.74 Å². The SMILES string of the molecule is C=CC(=O)OCC(O)COc1ccc(OC(F)(F)F)cc1. The van der Waals surface area contributed by atoms with Gasteiger partial charge < -0.3 is 19.3 Å². The van der Waals surface area contributed by atoms with Crippen LogP contribution in [0.5, 0.6) is 11.5 Å². The summed E-state index contributed by atoms with van der Waals surface area (Å²) in [5.74, 6) is -0.823. The molecule has 1 atom stereocenters. The molecule has 0 bridgehead atoms. The van der Waals surface area contributed by atoms with Crippen LogP contribution in [-0.4, -0.2) is 36.8 Å². The molecule has 0 aliphatic carbocycles. The van der Waals surface area contributed by atoms with Gasteiger partial charge in [0.15, 0.2) is 0 Å². The second-order valence-electron chi connectivity index (χ2n) is 3.82. The minimum absolute atomic E-state index is 0.191. The predicted octanol–water partition coefficient (Wildman–Crippen LogP) is 2.05. The van der Waals surface area contributed by atoms with Crippen molar-refractivity contribution >= 4 is 5.97 Å². The molecule has 0 heterocycles. The fourth-order valence-corrected chi connectivity index (χ4v) is 1.22. The highest BCUT2D eigenvalue weighted by molar-refractivity contribution is 5.81. The van der Waals surface area contributed by atoms with E-state index in [1.807, 2.05) is 0 Å². The number of hydrogen-bond donors (Lipinski definition) is 1. The van der Waals surface area contributed by atoms with Crippen molar-refractivity contribution < 1.29 is 37.3 Å². The van der Waals surface area contributed by atoms with Crippen molar-refractivity contribution in [2.75, 3.05) is 13.2 Å². The van der Waals surface area contributed by atoms with E-state index < -0.39 is 18.4 Å². The molecule has 0 fully saturated rings. The molecule has 1 aromatic rings. The fourth-order valence-electron chi connectivity index (χ4n) is 1.22. The van der Waals surface area contributed by atoms with Crippen LogP contribution in [-0.2, 0) is 9.53 Å². The van der Waals surface area contributed by atoms with Crippen molar-refractivity contribution in [1.82, 2.24) is 0 Å². The topological polar surface area (TPSA) is 65.0 Å². The van der Waals surface area contributed by atoms with E-state index in [1.54, 1.807) is 0 Å². The predicted molar refractivity (Wildman–Crippen MR) is 65.8 cm³/mol. The molecule has 0 spiro atoms. The lowest BCUT2D eigenvalue weighted by Gasteiger charge is -2.13. The molecule has 0 saturated heterocycles. The minimum Gasteiger partial charge on any atom is -0.491 e. The molecule has 0 aliphatic rings. The Bertz CT molecular complexity index is 470. The molecule has 0 aromatic heterocycles. The number of ether oxygens (including phenoxy) is 3. The Kier molecular flexibility index (Phi) is 6.04. The van der Waals surface area contributed by atoms with Gasteiger partial charge in [-0.05, 0) is 24.3 Å². The van der Waals surface area contributed by atoms with Gasteiger partial charge in [0.05, 0.1) is 0 Å². The molecule has 1 aromatic carbocycles. The van der Waals surface area contributed by atoms with Gasteiger partial charge in [0.2, 0.25) is 0 Å². The molecule has 0 aliphatic heterocycles. The number of carbonyl (C=O) groups is 1. The molecule has 1 unspecified atom stereocenters. The van der Waals surface area contributed by atoms with Gasteiger partial charge >= 0.3 is 12.3 Å². The summed E-state index contributed by atoms with van der Waals surface area (Å²) >= 11 is 0. The summed E-state index contributed by atoms with van der Waals surface area (Å²) in [4.78, 5) is 10.7. The van der Waals surface area contributed by atoms with Gasteiger partial charge in [-0.1, -0.05) is 6.58 Å². The minimum atomic E-state index is -4.76. The van der Waals surface area contributed by atoms with Gasteiger partial charge in [0, 0.05) is 6.08 Å². The van der Waals surface area contributed by atoms with Crippen LogP contribution in [0.15, 0.2) is 36.9 Å². The number of aliphatic hydroxyl groups excluding tert-OH is 1. The van der Waals surface area contributed by atoms with Gasteiger partial charge in [0.25, 0.3) is 0 Å². The molecule has 1 rings (SSSR count). The molecule has 1 N–H and O–H groups in total. The Hall–Kier alpha value is -2.22. The molecule has 116 valence electrons. The van der Waals surface area contributed by atoms with Gasteiger partial charge in [-0.2, -0.15) is 0 Å². The lowest BCUT2D eigenvalue weighted by molar-refractivity contribution is -0.274. The molecule has 0 radical (unpaired) electrons. The van der Waals surface area contributed by atoms with Crippen molar-refractivity contribution in [2.45, 2.75) is 12.5 Å². The van der Waals surface area contributed by atoms with Crippen LogP contribution in [0.1, 0.15) is 0 Å². The highest BCUT2D eigenvalue weighted by Gasteiger charge is 2.30. The van der Waals surface area contributed by atoms with Gasteiger partial charge in [-0.25, -0.2) is 4.79 Å². The average molecular weight is 306 g/mol. The maximum Gasteiger partial charge on any atom is 0.573 e. The van der Waals surface area contributed by atoms with Crippen molar-refractivity contribution in [3.8, 4) is 11.5 Å². The second-order valence-corrected chi connectivity index (χ2v) is 3.82. The van der Waals surface area contributed by atoms with Crippen LogP contribution >= 0.6 is 0 Å². The fraction of sp³-hybridized carbons (Fsp3) is 0.308. The molecule has 8 heteroatoms. The Balaban J connectivity index is 2.38. The van der Waals surface area contributed by atoms with E-state index in [1.165, 1.54) is 12.1 Å². The summed E-state index contributed by atoms with van der Waals surface area (Å²) < 4.78 is 49.2. The standard InChI is InChI=1S/C13H13F3O5/c1-2-12(18)20-8-9(17)7-19-10-3-5-11(6-4-10)21-13(14,15)16/h2-6,9,17H,1,7-8H2. The zero-order chi connectivity index (χ0) is 15.9. The lowest BCUT2D eigenvalue weighted by Crippen LogP contribution is -2.24. The van der Waals surface area contributed by atoms with Gasteiger partial charge in [-0.15, -0.1) is 13.2 Å². The summed E-state index contributed by atoms with van der Waals surface area (Å²) in [5, 5.41) is 9.45. The van der Waals surface area contributed by atoms with Gasteiger partial charge in [0.1, 0.15) is 30.8 Å². The smallest absolute Gasteiger partial charge is 0.491 e. The van der Waals surface area contributed by atoms with E-state index in [2.05, 4.69) is 16.1 Å². The lowest BCUT2D eigenvalue weighted by atomic mass is 10.3. The number of halogens is 3. The summed E-state index contributed by atoms with van der Waals surface area (Å²) in [6, 6.07) is 4.66. The molecule has 0 saturated carbocycles. The Labute approximate surface area is 118 Å². The van der Waals surface area contributed by atoms with Crippen molar-refractivity contribution in [2.24, 2.45) is 0 Å². The van der Waals surface area contributed by atoms with E-state index in [0.717, 1.165) is 18.2 Å². The molecular weight excluding hydrogens is 293 g/mol. The monoisotopic (exact) mass is 306 g/mol. The number of hydrogen-bond acceptors (Lipinski definition) is 5. The van der Waals surface area contributed by atoms with Crippen LogP contribution in [0, 0.1) is 0 Å². The van der Waals surface area contributed by atoms with Crippen LogP contribution in [0.2, 0.25) is 0 Å². The zero-order valence-corrected chi connectivity index (χ0v) is 10.8. The average Bonchev–Trinajstić information content (AvgIpc) is 2.42. The van der Waals surface area contributed by atoms with Crippen LogP contribution in [0.3, 0.4) is 0 Å². The molecule has 0 amide bonds. The Morgan fingerprint density at radius 1 is 1.24 bits per heavy atom. The number of esters is 1. The summed E-state index contributed by atoms with van der Waals surface area (Å²) in [6.07, 6.45) is -4.87. The molecule has 21 heavy (non-hydrogen) atoms. The largest absolute Gasteiger partial charge is 0.573 e. The van der Waals surface area contributed by atoms with E-state index in [0.29, 0.717) is 0 Å². The van der Waals surface area contributed by atoms with Crippen molar-refractivity contribution in [3.05, 3.63) is 36.9 Å². The molecule has 5 nitrogen and oxygen atoms in total. The first-order valence-corrected chi connectivity index (χ1v) is 5.76. The highest BCUT2D eigenvalue weighted by Crippen LogP contribution is 2.24. The summed E-state index contributed by atoms with van der Waals surface area (Å²) in [7, 11) is 0. The third-order valence-electron chi connectivity index (χ3n) is 2.08. The number of alkyl halides is 3. The van der Waals surface area contributed by atoms with Crippen LogP contribution < -0.4 is 9.47 Å². The summed E-state index contributed by atoms with van der Waals surface area (Å²) in [5.41, 5.74) is 0.